The van der Waals surface area contributed by atoms with Crippen LogP contribution in [-0.4, -0.2) is 17.9 Å². The Balaban J connectivity index is 0.718. The third-order valence-corrected chi connectivity index (χ3v) is 23.7. The molecule has 9 heteroatoms. The Morgan fingerprint density at radius 3 is 0.607 bits per heavy atom. The standard InChI is InChI=1S/C113H111N3O6/c1-107(2,3)80-38-56-89(57-39-80)114(92-68-77-26-20-23-29-98(77)101(71-92)110(10,11)12)86-50-32-74(33-51-86)104(117)120-95-62-44-83(45-63-95)113(19,84-46-64-96(65-47-84)121-105(118)75-34-52-87(53-35-75)115(90-58-40-81(41-59-90)108(4,5)6)93-69-78-27-21-24-30-99(78)102(72-93)111(13,14)15)85-48-66-97(67-49-85)122-106(119)76-36-54-88(55-37-76)116(91-60-42-82(43-61-91)109(7,8)9)94-70-79-28-22-25-31-100(79)103(73-94)112(16,17)18/h20-73H,1-19H3. The summed E-state index contributed by atoms with van der Waals surface area (Å²) in [6, 6.07) is 111. The first-order valence-electron chi connectivity index (χ1n) is 42.4. The summed E-state index contributed by atoms with van der Waals surface area (Å²) < 4.78 is 18.7. The minimum Gasteiger partial charge on any atom is -0.423 e. The number of carbonyl (C=O) groups is 3. The number of fused-ring (bicyclic) bond motifs is 3. The zero-order valence-electron chi connectivity index (χ0n) is 74.0. The molecule has 122 heavy (non-hydrogen) atoms. The molecule has 0 fully saturated rings. The molecule has 0 unspecified atom stereocenters. The maximum absolute atomic E-state index is 14.4. The quantitative estimate of drug-likeness (QED) is 0.0473. The molecule has 0 N–H and O–H groups in total. The molecule has 0 aliphatic carbocycles. The van der Waals surface area contributed by atoms with Crippen molar-refractivity contribution in [1.29, 1.82) is 0 Å². The van der Waals surface area contributed by atoms with Crippen LogP contribution in [-0.2, 0) is 37.9 Å². The van der Waals surface area contributed by atoms with Gasteiger partial charge in [0.2, 0.25) is 0 Å². The van der Waals surface area contributed by atoms with Crippen molar-refractivity contribution in [2.24, 2.45) is 0 Å². The smallest absolute Gasteiger partial charge is 0.343 e. The maximum Gasteiger partial charge on any atom is 0.343 e. The third kappa shape index (κ3) is 17.7. The van der Waals surface area contributed by atoms with Crippen LogP contribution in [0.5, 0.6) is 17.2 Å². The molecule has 0 saturated heterocycles. The van der Waals surface area contributed by atoms with Crippen molar-refractivity contribution < 1.29 is 28.6 Å². The molecule has 15 aromatic carbocycles. The molecule has 614 valence electrons. The van der Waals surface area contributed by atoms with Gasteiger partial charge in [-0.2, -0.15) is 0 Å². The molecule has 0 aliphatic rings. The van der Waals surface area contributed by atoms with Crippen LogP contribution in [0.2, 0.25) is 0 Å². The number of hydrogen-bond acceptors (Lipinski definition) is 9. The van der Waals surface area contributed by atoms with Crippen LogP contribution < -0.4 is 28.9 Å². The largest absolute Gasteiger partial charge is 0.423 e. The van der Waals surface area contributed by atoms with E-state index in [1.807, 2.05) is 146 Å². The summed E-state index contributed by atoms with van der Waals surface area (Å²) in [7, 11) is 0. The van der Waals surface area contributed by atoms with Crippen molar-refractivity contribution >= 4 is 101 Å². The second-order valence-corrected chi connectivity index (χ2v) is 38.8. The van der Waals surface area contributed by atoms with Gasteiger partial charge in [0, 0.05) is 56.6 Å². The lowest BCUT2D eigenvalue weighted by atomic mass is 9.71. The van der Waals surface area contributed by atoms with E-state index in [4.69, 9.17) is 14.2 Å². The molecule has 0 saturated carbocycles. The molecule has 0 amide bonds. The van der Waals surface area contributed by atoms with E-state index in [1.54, 1.807) is 0 Å². The summed E-state index contributed by atoms with van der Waals surface area (Å²) in [5, 5.41) is 7.08. The van der Waals surface area contributed by atoms with Crippen LogP contribution in [0.4, 0.5) is 51.2 Å². The summed E-state index contributed by atoms with van der Waals surface area (Å²) in [6.07, 6.45) is 0. The van der Waals surface area contributed by atoms with Gasteiger partial charge in [-0.15, -0.1) is 0 Å². The lowest BCUT2D eigenvalue weighted by Crippen LogP contribution is -2.25. The highest BCUT2D eigenvalue weighted by Gasteiger charge is 2.34. The number of rotatable bonds is 18. The number of nitrogens with zero attached hydrogens (tertiary/aromatic N) is 3. The summed E-state index contributed by atoms with van der Waals surface area (Å²) >= 11 is 0. The Labute approximate surface area is 721 Å². The second-order valence-electron chi connectivity index (χ2n) is 38.8. The van der Waals surface area contributed by atoms with E-state index < -0.39 is 23.3 Å². The highest BCUT2D eigenvalue weighted by atomic mass is 16.5. The molecule has 9 nitrogen and oxygen atoms in total. The molecule has 0 spiro atoms. The number of carbonyl (C=O) groups excluding carboxylic acids is 3. The molecule has 0 heterocycles. The summed E-state index contributed by atoms with van der Waals surface area (Å²) in [6.45, 7) is 42.4. The first-order valence-corrected chi connectivity index (χ1v) is 42.4. The number of benzene rings is 15. The van der Waals surface area contributed by atoms with E-state index in [0.717, 1.165) is 84.0 Å². The van der Waals surface area contributed by atoms with E-state index in [2.05, 4.69) is 328 Å². The normalized spacial score (nSPS) is 12.3. The van der Waals surface area contributed by atoms with Crippen molar-refractivity contribution in [2.45, 2.75) is 169 Å². The minimum atomic E-state index is -0.887. The van der Waals surface area contributed by atoms with Gasteiger partial charge in [-0.1, -0.05) is 270 Å². The molecular formula is C113H111N3O6. The SMILES string of the molecule is CC(C)(C)c1ccc(N(c2ccc(C(=O)Oc3ccc(C(C)(c4ccc(OC(=O)c5ccc(N(c6ccc(C(C)(C)C)cc6)c6cc(C(C)(C)C)c7ccccc7c6)cc5)cc4)c4ccc(OC(=O)c5ccc(N(c6ccc(C(C)(C)C)cc6)c6cc(C(C)(C)C)c7ccccc7c6)cc5)cc4)cc3)cc2)c2cc(C(C)(C)C)c3ccccc3c2)cc1. The Morgan fingerprint density at radius 1 is 0.205 bits per heavy atom. The van der Waals surface area contributed by atoms with Gasteiger partial charge in [0.05, 0.1) is 16.7 Å². The van der Waals surface area contributed by atoms with Crippen molar-refractivity contribution in [2.75, 3.05) is 14.7 Å². The van der Waals surface area contributed by atoms with E-state index in [1.165, 1.54) is 49.5 Å². The molecule has 0 radical (unpaired) electrons. The second kappa shape index (κ2) is 32.8. The predicted octanol–water partition coefficient (Wildman–Crippen LogP) is 30.4. The fourth-order valence-corrected chi connectivity index (χ4v) is 16.6. The van der Waals surface area contributed by atoms with Crippen LogP contribution in [0.1, 0.15) is 213 Å². The van der Waals surface area contributed by atoms with Crippen LogP contribution in [0.15, 0.2) is 328 Å². The number of anilines is 9. The van der Waals surface area contributed by atoms with E-state index in [0.29, 0.717) is 33.9 Å². The van der Waals surface area contributed by atoms with Crippen LogP contribution >= 0.6 is 0 Å². The molecular weight excluding hydrogens is 1500 g/mol. The van der Waals surface area contributed by atoms with Gasteiger partial charge in [-0.25, -0.2) is 14.4 Å². The Hall–Kier alpha value is -13.1. The van der Waals surface area contributed by atoms with Gasteiger partial charge in [0.15, 0.2) is 0 Å². The van der Waals surface area contributed by atoms with Gasteiger partial charge < -0.3 is 28.9 Å². The first kappa shape index (κ1) is 83.9. The maximum atomic E-state index is 14.4. The molecule has 0 aromatic heterocycles. The van der Waals surface area contributed by atoms with Gasteiger partial charge in [-0.3, -0.25) is 0 Å². The van der Waals surface area contributed by atoms with Crippen molar-refractivity contribution in [3.63, 3.8) is 0 Å². The van der Waals surface area contributed by atoms with E-state index >= 15 is 0 Å². The Morgan fingerprint density at radius 2 is 0.402 bits per heavy atom. The lowest BCUT2D eigenvalue weighted by molar-refractivity contribution is 0.0725. The highest BCUT2D eigenvalue weighted by Crippen LogP contribution is 2.48. The summed E-state index contributed by atoms with van der Waals surface area (Å²) in [4.78, 5) is 50.0. The average Bonchev–Trinajstić information content (AvgIpc) is 0.772. The predicted molar refractivity (Wildman–Crippen MR) is 508 cm³/mol. The van der Waals surface area contributed by atoms with Gasteiger partial charge >= 0.3 is 17.9 Å². The lowest BCUT2D eigenvalue weighted by Gasteiger charge is -2.32. The van der Waals surface area contributed by atoms with Crippen LogP contribution in [0, 0.1) is 0 Å². The van der Waals surface area contributed by atoms with Crippen molar-refractivity contribution in [3.05, 3.63) is 394 Å². The zero-order valence-corrected chi connectivity index (χ0v) is 74.0. The molecule has 0 atom stereocenters. The number of ether oxygens (including phenoxy) is 3. The highest BCUT2D eigenvalue weighted by molar-refractivity contribution is 5.98. The number of hydrogen-bond donors (Lipinski definition) is 0. The summed E-state index contributed by atoms with van der Waals surface area (Å²) in [5.41, 5.74) is 18.5. The van der Waals surface area contributed by atoms with Crippen molar-refractivity contribution in [3.8, 4) is 17.2 Å². The first-order chi connectivity index (χ1) is 57.8. The zero-order chi connectivity index (χ0) is 86.6. The van der Waals surface area contributed by atoms with Crippen LogP contribution in [0.3, 0.4) is 0 Å². The minimum absolute atomic E-state index is 0.0326. The Kier molecular flexibility index (Phi) is 22.6. The fourth-order valence-electron chi connectivity index (χ4n) is 16.6. The number of esters is 3. The third-order valence-electron chi connectivity index (χ3n) is 23.7. The van der Waals surface area contributed by atoms with Crippen molar-refractivity contribution in [1.82, 2.24) is 0 Å². The van der Waals surface area contributed by atoms with Gasteiger partial charge in [0.25, 0.3) is 0 Å². The Bertz CT molecular complexity index is 5730. The molecule has 15 aromatic rings. The van der Waals surface area contributed by atoms with Gasteiger partial charge in [-0.05, 0) is 304 Å². The molecule has 15 rings (SSSR count). The average molecular weight is 1610 g/mol. The van der Waals surface area contributed by atoms with E-state index in [9.17, 15) is 14.4 Å². The topological polar surface area (TPSA) is 88.6 Å². The molecule has 0 bridgehead atoms. The van der Waals surface area contributed by atoms with Gasteiger partial charge in [0.1, 0.15) is 17.2 Å². The molecule has 0 aliphatic heterocycles. The van der Waals surface area contributed by atoms with E-state index in [-0.39, 0.29) is 32.5 Å². The fraction of sp³-hybridized carbons (Fsp3) is 0.230. The summed E-state index contributed by atoms with van der Waals surface area (Å²) in [5.74, 6) is -0.433. The monoisotopic (exact) mass is 1610 g/mol. The van der Waals surface area contributed by atoms with Crippen LogP contribution in [0.25, 0.3) is 32.3 Å².